The summed E-state index contributed by atoms with van der Waals surface area (Å²) in [5.74, 6) is 0. The third-order valence-electron chi connectivity index (χ3n) is 0.687. The highest BCUT2D eigenvalue weighted by Gasteiger charge is 2.17. The number of hydrogen-bond donors (Lipinski definition) is 0. The van der Waals surface area contributed by atoms with Crippen molar-refractivity contribution >= 4 is 6.16 Å². The van der Waals surface area contributed by atoms with Crippen molar-refractivity contribution in [1.29, 1.82) is 0 Å². The first-order valence-electron chi connectivity index (χ1n) is 3.54. The standard InChI is InChI=1S/C8H15O3/c1-6(2)10-7(9)11-8(3,4)5/h6H,1H2,2-5H3/t6-/m0/s1. The van der Waals surface area contributed by atoms with Gasteiger partial charge in [-0.15, -0.1) is 0 Å². The van der Waals surface area contributed by atoms with E-state index in [1.807, 2.05) is 0 Å². The summed E-state index contributed by atoms with van der Waals surface area (Å²) >= 11 is 0. The largest absolute Gasteiger partial charge is 0.509 e. The van der Waals surface area contributed by atoms with Gasteiger partial charge in [-0.3, -0.25) is 0 Å². The molecule has 0 bridgehead atoms. The molecule has 0 rings (SSSR count). The molecular formula is C8H15O3. The summed E-state index contributed by atoms with van der Waals surface area (Å²) in [6.07, 6.45) is -1.04. The lowest BCUT2D eigenvalue weighted by Crippen LogP contribution is -2.26. The Kier molecular flexibility index (Phi) is 3.36. The normalized spacial score (nSPS) is 11.5. The monoisotopic (exact) mass is 159 g/mol. The van der Waals surface area contributed by atoms with Crippen LogP contribution in [-0.4, -0.2) is 17.9 Å². The summed E-state index contributed by atoms with van der Waals surface area (Å²) in [6, 6.07) is 0. The minimum absolute atomic E-state index is 0.371. The zero-order valence-corrected chi connectivity index (χ0v) is 7.51. The first-order valence-corrected chi connectivity index (χ1v) is 3.54. The van der Waals surface area contributed by atoms with Gasteiger partial charge in [-0.25, -0.2) is 4.79 Å². The summed E-state index contributed by atoms with van der Waals surface area (Å²) in [6.45, 7) is 10.5. The lowest BCUT2D eigenvalue weighted by Gasteiger charge is -2.19. The fraction of sp³-hybridized carbons (Fsp3) is 0.750. The molecule has 0 spiro atoms. The molecule has 1 radical (unpaired) electrons. The van der Waals surface area contributed by atoms with E-state index in [-0.39, 0.29) is 6.10 Å². The van der Waals surface area contributed by atoms with E-state index in [4.69, 9.17) is 4.74 Å². The minimum Gasteiger partial charge on any atom is -0.431 e. The van der Waals surface area contributed by atoms with Gasteiger partial charge in [-0.05, 0) is 34.6 Å². The van der Waals surface area contributed by atoms with E-state index in [0.717, 1.165) is 0 Å². The molecule has 0 aromatic heterocycles. The Morgan fingerprint density at radius 2 is 1.91 bits per heavy atom. The van der Waals surface area contributed by atoms with Gasteiger partial charge in [0, 0.05) is 0 Å². The molecule has 11 heavy (non-hydrogen) atoms. The maximum atomic E-state index is 10.8. The Labute approximate surface area is 67.7 Å². The van der Waals surface area contributed by atoms with Gasteiger partial charge in [0.1, 0.15) is 11.7 Å². The molecule has 0 fully saturated rings. The van der Waals surface area contributed by atoms with E-state index in [2.05, 4.69) is 11.7 Å². The van der Waals surface area contributed by atoms with Crippen LogP contribution in [0.3, 0.4) is 0 Å². The molecule has 0 aliphatic carbocycles. The van der Waals surface area contributed by atoms with Crippen LogP contribution >= 0.6 is 0 Å². The van der Waals surface area contributed by atoms with Crippen LogP contribution in [0.25, 0.3) is 0 Å². The summed E-state index contributed by atoms with van der Waals surface area (Å²) in [5.41, 5.74) is -0.494. The molecule has 0 heterocycles. The smallest absolute Gasteiger partial charge is 0.431 e. The quantitative estimate of drug-likeness (QED) is 0.550. The summed E-state index contributed by atoms with van der Waals surface area (Å²) in [7, 11) is 0. The van der Waals surface area contributed by atoms with Crippen LogP contribution in [0.4, 0.5) is 4.79 Å². The molecule has 3 nitrogen and oxygen atoms in total. The molecule has 0 saturated heterocycles. The van der Waals surface area contributed by atoms with Crippen molar-refractivity contribution in [3.8, 4) is 0 Å². The van der Waals surface area contributed by atoms with E-state index in [1.165, 1.54) is 0 Å². The van der Waals surface area contributed by atoms with Gasteiger partial charge in [-0.1, -0.05) is 0 Å². The van der Waals surface area contributed by atoms with Crippen LogP contribution in [0.5, 0.6) is 0 Å². The number of carbonyl (C=O) groups excluding carboxylic acids is 1. The van der Waals surface area contributed by atoms with E-state index < -0.39 is 11.8 Å². The molecule has 0 saturated carbocycles. The Morgan fingerprint density at radius 1 is 1.45 bits per heavy atom. The van der Waals surface area contributed by atoms with Gasteiger partial charge in [0.15, 0.2) is 0 Å². The van der Waals surface area contributed by atoms with Crippen LogP contribution in [0.1, 0.15) is 27.7 Å². The first kappa shape index (κ1) is 10.3. The van der Waals surface area contributed by atoms with Gasteiger partial charge in [-0.2, -0.15) is 0 Å². The van der Waals surface area contributed by atoms with Crippen LogP contribution in [-0.2, 0) is 9.47 Å². The molecule has 0 amide bonds. The van der Waals surface area contributed by atoms with E-state index in [9.17, 15) is 4.79 Å². The summed E-state index contributed by atoms with van der Waals surface area (Å²) in [5, 5.41) is 0. The molecule has 0 aromatic rings. The van der Waals surface area contributed by atoms with Crippen LogP contribution < -0.4 is 0 Å². The van der Waals surface area contributed by atoms with Crippen molar-refractivity contribution in [2.75, 3.05) is 0 Å². The van der Waals surface area contributed by atoms with Crippen LogP contribution in [0.2, 0.25) is 0 Å². The zero-order chi connectivity index (χ0) is 9.07. The van der Waals surface area contributed by atoms with Crippen molar-refractivity contribution in [3.05, 3.63) is 6.92 Å². The molecule has 0 aliphatic rings. The molecule has 0 unspecified atom stereocenters. The number of carbonyl (C=O) groups is 1. The average molecular weight is 159 g/mol. The number of rotatable bonds is 1. The Hall–Kier alpha value is -0.730. The van der Waals surface area contributed by atoms with Gasteiger partial charge in [0.2, 0.25) is 0 Å². The number of ether oxygens (including phenoxy) is 2. The van der Waals surface area contributed by atoms with Gasteiger partial charge in [0.25, 0.3) is 0 Å². The van der Waals surface area contributed by atoms with E-state index in [0.29, 0.717) is 0 Å². The maximum absolute atomic E-state index is 10.8. The van der Waals surface area contributed by atoms with Crippen molar-refractivity contribution < 1.29 is 14.3 Å². The topological polar surface area (TPSA) is 35.5 Å². The lowest BCUT2D eigenvalue weighted by molar-refractivity contribution is -0.0158. The zero-order valence-electron chi connectivity index (χ0n) is 7.51. The molecule has 1 atom stereocenters. The Balaban J connectivity index is 3.71. The maximum Gasteiger partial charge on any atom is 0.509 e. The summed E-state index contributed by atoms with van der Waals surface area (Å²) < 4.78 is 9.50. The molecule has 3 heteroatoms. The van der Waals surface area contributed by atoms with Crippen molar-refractivity contribution in [1.82, 2.24) is 0 Å². The van der Waals surface area contributed by atoms with Crippen LogP contribution in [0, 0.1) is 6.92 Å². The third-order valence-corrected chi connectivity index (χ3v) is 0.687. The predicted molar refractivity (Wildman–Crippen MR) is 42.1 cm³/mol. The van der Waals surface area contributed by atoms with Crippen molar-refractivity contribution in [2.45, 2.75) is 39.4 Å². The molecule has 0 aromatic carbocycles. The second-order valence-corrected chi connectivity index (χ2v) is 3.39. The lowest BCUT2D eigenvalue weighted by atomic mass is 10.2. The van der Waals surface area contributed by atoms with Gasteiger partial charge >= 0.3 is 6.16 Å². The minimum atomic E-state index is -0.667. The molecule has 0 N–H and O–H groups in total. The fourth-order valence-corrected chi connectivity index (χ4v) is 0.438. The van der Waals surface area contributed by atoms with E-state index in [1.54, 1.807) is 27.7 Å². The predicted octanol–water partition coefficient (Wildman–Crippen LogP) is 2.16. The van der Waals surface area contributed by atoms with Crippen LogP contribution in [0.15, 0.2) is 0 Å². The third kappa shape index (κ3) is 7.16. The molecular weight excluding hydrogens is 144 g/mol. The van der Waals surface area contributed by atoms with Gasteiger partial charge < -0.3 is 9.47 Å². The van der Waals surface area contributed by atoms with Crippen molar-refractivity contribution in [3.63, 3.8) is 0 Å². The van der Waals surface area contributed by atoms with Gasteiger partial charge in [0.05, 0.1) is 0 Å². The Morgan fingerprint density at radius 3 is 2.18 bits per heavy atom. The molecule has 65 valence electrons. The second kappa shape index (κ2) is 3.60. The fourth-order valence-electron chi connectivity index (χ4n) is 0.438. The second-order valence-electron chi connectivity index (χ2n) is 3.39. The highest BCUT2D eigenvalue weighted by atomic mass is 16.7. The first-order chi connectivity index (χ1) is 4.81. The van der Waals surface area contributed by atoms with Crippen molar-refractivity contribution in [2.24, 2.45) is 0 Å². The SMILES string of the molecule is [CH2][C@@H](C)OC(=O)OC(C)(C)C. The van der Waals surface area contributed by atoms with E-state index >= 15 is 0 Å². The average Bonchev–Trinajstić information content (AvgIpc) is 1.53. The number of hydrogen-bond acceptors (Lipinski definition) is 3. The highest BCUT2D eigenvalue weighted by molar-refractivity contribution is 5.60. The highest BCUT2D eigenvalue weighted by Crippen LogP contribution is 2.08. The molecule has 0 aliphatic heterocycles. The summed E-state index contributed by atoms with van der Waals surface area (Å²) in [4.78, 5) is 10.8. The Bertz CT molecular complexity index is 133.